The van der Waals surface area contributed by atoms with Crippen molar-refractivity contribution >= 4 is 11.5 Å². The molecule has 1 aliphatic rings. The van der Waals surface area contributed by atoms with Crippen LogP contribution in [0.3, 0.4) is 0 Å². The second-order valence-corrected chi connectivity index (χ2v) is 3.67. The molecule has 0 spiro atoms. The molecule has 1 aromatic carbocycles. The van der Waals surface area contributed by atoms with Gasteiger partial charge in [0.25, 0.3) is 5.78 Å². The van der Waals surface area contributed by atoms with E-state index in [4.69, 9.17) is 4.74 Å². The molecule has 0 aliphatic heterocycles. The summed E-state index contributed by atoms with van der Waals surface area (Å²) in [5, 5.41) is 0. The minimum atomic E-state index is -4.86. The van der Waals surface area contributed by atoms with Crippen LogP contribution >= 0.6 is 0 Å². The van der Waals surface area contributed by atoms with E-state index in [-0.39, 0.29) is 17.8 Å². The van der Waals surface area contributed by atoms with E-state index < -0.39 is 12.0 Å². The van der Waals surface area contributed by atoms with Gasteiger partial charge in [-0.15, -0.1) is 0 Å². The van der Waals surface area contributed by atoms with E-state index >= 15 is 0 Å². The first-order chi connectivity index (χ1) is 7.95. The Kier molecular flexibility index (Phi) is 2.69. The van der Waals surface area contributed by atoms with Gasteiger partial charge in [-0.05, 0) is 5.56 Å². The zero-order chi connectivity index (χ0) is 12.6. The number of hydrogen-bond donors (Lipinski definition) is 0. The highest BCUT2D eigenvalue weighted by Crippen LogP contribution is 2.36. The molecular formula is C12H9F3O2. The van der Waals surface area contributed by atoms with Crippen LogP contribution in [0, 0.1) is 0 Å². The lowest BCUT2D eigenvalue weighted by molar-refractivity contribution is -0.166. The Morgan fingerprint density at radius 3 is 2.53 bits per heavy atom. The van der Waals surface area contributed by atoms with Crippen molar-refractivity contribution in [1.82, 2.24) is 0 Å². The van der Waals surface area contributed by atoms with Crippen molar-refractivity contribution in [2.75, 3.05) is 7.11 Å². The highest BCUT2D eigenvalue weighted by molar-refractivity contribution is 6.07. The maximum atomic E-state index is 12.4. The molecule has 2 rings (SSSR count). The first-order valence-electron chi connectivity index (χ1n) is 4.92. The van der Waals surface area contributed by atoms with Gasteiger partial charge in [0.1, 0.15) is 5.76 Å². The van der Waals surface area contributed by atoms with Crippen molar-refractivity contribution in [3.05, 3.63) is 41.0 Å². The number of methoxy groups -OCH3 is 1. The molecule has 0 unspecified atom stereocenters. The smallest absolute Gasteiger partial charge is 0.454 e. The minimum absolute atomic E-state index is 0.0301. The molecule has 1 aliphatic carbocycles. The summed E-state index contributed by atoms with van der Waals surface area (Å²) in [7, 11) is 1.26. The number of allylic oxidation sites excluding steroid dienone is 1. The topological polar surface area (TPSA) is 26.3 Å². The molecule has 17 heavy (non-hydrogen) atoms. The summed E-state index contributed by atoms with van der Waals surface area (Å²) in [4.78, 5) is 11.2. The average molecular weight is 242 g/mol. The lowest BCUT2D eigenvalue weighted by atomic mass is 10.1. The molecule has 5 heteroatoms. The second kappa shape index (κ2) is 3.91. The largest absolute Gasteiger partial charge is 0.496 e. The standard InChI is InChI=1S/C12H9F3O2/c1-17-10-8-5-3-2-4-7(8)6-9(10)11(16)12(13,14)15/h2-5H,6H2,1H3. The number of carbonyl (C=O) groups is 1. The van der Waals surface area contributed by atoms with Gasteiger partial charge < -0.3 is 4.74 Å². The van der Waals surface area contributed by atoms with E-state index in [0.717, 1.165) is 0 Å². The molecule has 1 aromatic rings. The Balaban J connectivity index is 2.47. The van der Waals surface area contributed by atoms with Crippen molar-refractivity contribution in [3.8, 4) is 0 Å². The number of alkyl halides is 3. The number of rotatable bonds is 2. The summed E-state index contributed by atoms with van der Waals surface area (Å²) in [5.41, 5.74) is 0.917. The van der Waals surface area contributed by atoms with Crippen LogP contribution in [0.5, 0.6) is 0 Å². The van der Waals surface area contributed by atoms with Crippen LogP contribution in [0.4, 0.5) is 13.2 Å². The highest BCUT2D eigenvalue weighted by atomic mass is 19.4. The van der Waals surface area contributed by atoms with Crippen LogP contribution in [0.1, 0.15) is 11.1 Å². The minimum Gasteiger partial charge on any atom is -0.496 e. The predicted molar refractivity (Wildman–Crippen MR) is 55.1 cm³/mol. The molecule has 0 atom stereocenters. The maximum Gasteiger partial charge on any atom is 0.454 e. The molecule has 0 bridgehead atoms. The zero-order valence-corrected chi connectivity index (χ0v) is 8.97. The molecule has 0 heterocycles. The van der Waals surface area contributed by atoms with Crippen LogP contribution in [0.2, 0.25) is 0 Å². The van der Waals surface area contributed by atoms with Gasteiger partial charge in [0, 0.05) is 12.0 Å². The summed E-state index contributed by atoms with van der Waals surface area (Å²) < 4.78 is 42.1. The van der Waals surface area contributed by atoms with Gasteiger partial charge in [-0.25, -0.2) is 0 Å². The van der Waals surface area contributed by atoms with Gasteiger partial charge in [0.05, 0.1) is 12.7 Å². The summed E-state index contributed by atoms with van der Waals surface area (Å²) >= 11 is 0. The Morgan fingerprint density at radius 1 is 1.29 bits per heavy atom. The number of Topliss-reactive ketones (excluding diaryl/α,β-unsaturated/α-hetero) is 1. The number of fused-ring (bicyclic) bond motifs is 1. The molecular weight excluding hydrogens is 233 g/mol. The molecule has 0 aromatic heterocycles. The summed E-state index contributed by atoms with van der Waals surface area (Å²) in [6.45, 7) is 0. The van der Waals surface area contributed by atoms with Crippen LogP contribution in [0.15, 0.2) is 29.8 Å². The van der Waals surface area contributed by atoms with Gasteiger partial charge >= 0.3 is 6.18 Å². The maximum absolute atomic E-state index is 12.4. The fourth-order valence-corrected chi connectivity index (χ4v) is 1.92. The number of carbonyl (C=O) groups excluding carboxylic acids is 1. The molecule has 0 radical (unpaired) electrons. The Labute approximate surface area is 95.7 Å². The zero-order valence-electron chi connectivity index (χ0n) is 8.97. The predicted octanol–water partition coefficient (Wildman–Crippen LogP) is 2.73. The molecule has 0 saturated carbocycles. The molecule has 90 valence electrons. The Morgan fingerprint density at radius 2 is 1.94 bits per heavy atom. The second-order valence-electron chi connectivity index (χ2n) is 3.67. The van der Waals surface area contributed by atoms with E-state index in [1.807, 2.05) is 0 Å². The third kappa shape index (κ3) is 1.92. The van der Waals surface area contributed by atoms with Crippen molar-refractivity contribution in [3.63, 3.8) is 0 Å². The number of ether oxygens (including phenoxy) is 1. The van der Waals surface area contributed by atoms with Crippen molar-refractivity contribution in [2.45, 2.75) is 12.6 Å². The number of benzene rings is 1. The number of hydrogen-bond acceptors (Lipinski definition) is 2. The normalized spacial score (nSPS) is 14.8. The van der Waals surface area contributed by atoms with Crippen LogP contribution < -0.4 is 0 Å². The number of halogens is 3. The summed E-state index contributed by atoms with van der Waals surface area (Å²) in [6.07, 6.45) is -4.89. The van der Waals surface area contributed by atoms with Crippen LogP contribution in [-0.2, 0) is 16.0 Å². The van der Waals surface area contributed by atoms with Gasteiger partial charge in [-0.2, -0.15) is 13.2 Å². The fraction of sp³-hybridized carbons (Fsp3) is 0.250. The third-order valence-electron chi connectivity index (χ3n) is 2.64. The van der Waals surface area contributed by atoms with Crippen LogP contribution in [0.25, 0.3) is 5.76 Å². The quantitative estimate of drug-likeness (QED) is 0.797. The lowest BCUT2D eigenvalue weighted by Crippen LogP contribution is -2.25. The summed E-state index contributed by atoms with van der Waals surface area (Å²) in [5.74, 6) is -1.80. The van der Waals surface area contributed by atoms with Gasteiger partial charge in [-0.3, -0.25) is 4.79 Å². The molecule has 0 fully saturated rings. The number of ketones is 1. The highest BCUT2D eigenvalue weighted by Gasteiger charge is 2.44. The fourth-order valence-electron chi connectivity index (χ4n) is 1.92. The first kappa shape index (κ1) is 11.7. The van der Waals surface area contributed by atoms with Gasteiger partial charge in [0.2, 0.25) is 0 Å². The SMILES string of the molecule is COC1=C(C(=O)C(F)(F)F)Cc2ccccc21. The molecule has 0 saturated heterocycles. The van der Waals surface area contributed by atoms with Crippen molar-refractivity contribution in [1.29, 1.82) is 0 Å². The first-order valence-corrected chi connectivity index (χ1v) is 4.92. The molecule has 2 nitrogen and oxygen atoms in total. The van der Waals surface area contributed by atoms with Gasteiger partial charge in [-0.1, -0.05) is 24.3 Å². The van der Waals surface area contributed by atoms with E-state index in [0.29, 0.717) is 11.1 Å². The summed E-state index contributed by atoms with van der Waals surface area (Å²) in [6, 6.07) is 6.74. The Bertz CT molecular complexity index is 501. The van der Waals surface area contributed by atoms with E-state index in [1.165, 1.54) is 7.11 Å². The Hall–Kier alpha value is -1.78. The molecule has 0 N–H and O–H groups in total. The van der Waals surface area contributed by atoms with Crippen LogP contribution in [-0.4, -0.2) is 19.1 Å². The van der Waals surface area contributed by atoms with E-state index in [1.54, 1.807) is 24.3 Å². The average Bonchev–Trinajstić information content (AvgIpc) is 2.64. The molecule has 0 amide bonds. The van der Waals surface area contributed by atoms with E-state index in [2.05, 4.69) is 0 Å². The van der Waals surface area contributed by atoms with Crippen molar-refractivity contribution < 1.29 is 22.7 Å². The third-order valence-corrected chi connectivity index (χ3v) is 2.64. The lowest BCUT2D eigenvalue weighted by Gasteiger charge is -2.08. The monoisotopic (exact) mass is 242 g/mol. The van der Waals surface area contributed by atoms with Gasteiger partial charge in [0.15, 0.2) is 0 Å². The van der Waals surface area contributed by atoms with Crippen molar-refractivity contribution in [2.24, 2.45) is 0 Å². The van der Waals surface area contributed by atoms with E-state index in [9.17, 15) is 18.0 Å².